The Morgan fingerprint density at radius 2 is 1.76 bits per heavy atom. The van der Waals surface area contributed by atoms with Crippen molar-refractivity contribution in [2.45, 2.75) is 77.9 Å². The van der Waals surface area contributed by atoms with Crippen LogP contribution in [0.3, 0.4) is 0 Å². The summed E-state index contributed by atoms with van der Waals surface area (Å²) < 4.78 is 30.8. The van der Waals surface area contributed by atoms with Gasteiger partial charge in [-0.05, 0) is 25.2 Å². The fraction of sp³-hybridized carbons (Fsp3) is 0.633. The monoisotopic (exact) mass is 602 g/mol. The number of imidazole rings is 1. The summed E-state index contributed by atoms with van der Waals surface area (Å²) in [7, 11) is -3.44. The summed E-state index contributed by atoms with van der Waals surface area (Å²) in [5.74, 6) is -0.253. The first-order valence-corrected chi connectivity index (χ1v) is 16.9. The summed E-state index contributed by atoms with van der Waals surface area (Å²) in [6.07, 6.45) is 4.01. The van der Waals surface area contributed by atoms with Crippen LogP contribution in [0.25, 0.3) is 11.3 Å². The summed E-state index contributed by atoms with van der Waals surface area (Å²) in [6, 6.07) is 8.96. The predicted octanol–water partition coefficient (Wildman–Crippen LogP) is 2.34. The lowest BCUT2D eigenvalue weighted by Crippen LogP contribution is -2.47. The number of nitrogens with zero attached hydrogens (tertiary/aromatic N) is 3. The number of piperazine rings is 1. The number of aromatic nitrogens is 2. The van der Waals surface area contributed by atoms with Crippen molar-refractivity contribution < 1.29 is 18.0 Å². The fourth-order valence-corrected chi connectivity index (χ4v) is 7.50. The molecule has 1 saturated heterocycles. The van der Waals surface area contributed by atoms with E-state index < -0.39 is 10.0 Å². The molecular weight excluding hydrogens is 556 g/mol. The molecule has 3 N–H and O–H groups in total. The summed E-state index contributed by atoms with van der Waals surface area (Å²) >= 11 is 0. The smallest absolute Gasteiger partial charge is 0.329 e. The normalized spacial score (nSPS) is 19.7. The molecule has 232 valence electrons. The van der Waals surface area contributed by atoms with Crippen LogP contribution in [-0.4, -0.2) is 78.8 Å². The summed E-state index contributed by atoms with van der Waals surface area (Å²) in [5.41, 5.74) is 1.34. The van der Waals surface area contributed by atoms with Gasteiger partial charge in [0.05, 0.1) is 17.5 Å². The van der Waals surface area contributed by atoms with Crippen molar-refractivity contribution in [1.82, 2.24) is 29.4 Å². The van der Waals surface area contributed by atoms with Crippen LogP contribution in [0.5, 0.6) is 0 Å². The average Bonchev–Trinajstić information content (AvgIpc) is 3.26. The van der Waals surface area contributed by atoms with Crippen molar-refractivity contribution in [1.29, 1.82) is 0 Å². The second kappa shape index (κ2) is 14.5. The molecule has 2 heterocycles. The van der Waals surface area contributed by atoms with E-state index >= 15 is 0 Å². The Labute approximate surface area is 249 Å². The number of benzene rings is 1. The van der Waals surface area contributed by atoms with Gasteiger partial charge in [0.2, 0.25) is 15.9 Å². The van der Waals surface area contributed by atoms with Crippen molar-refractivity contribution in [2.75, 3.05) is 38.5 Å². The maximum absolute atomic E-state index is 14.4. The second-order valence-electron chi connectivity index (χ2n) is 11.7. The lowest BCUT2D eigenvalue weighted by atomic mass is 9.89. The number of hydrogen-bond donors (Lipinski definition) is 3. The van der Waals surface area contributed by atoms with Gasteiger partial charge in [-0.3, -0.25) is 18.7 Å². The number of nitrogens with one attached hydrogen (secondary N) is 3. The summed E-state index contributed by atoms with van der Waals surface area (Å²) in [5, 5.41) is 6.42. The third-order valence-corrected chi connectivity index (χ3v) is 9.74. The maximum atomic E-state index is 14.4. The minimum absolute atomic E-state index is 0.00697. The number of carbonyl (C=O) groups is 2. The van der Waals surface area contributed by atoms with Gasteiger partial charge in [0.25, 0.3) is 5.91 Å². The lowest BCUT2D eigenvalue weighted by molar-refractivity contribution is -0.122. The third kappa shape index (κ3) is 7.70. The molecule has 1 aliphatic heterocycles. The Morgan fingerprint density at radius 1 is 1.07 bits per heavy atom. The Morgan fingerprint density at radius 3 is 2.43 bits per heavy atom. The number of amides is 2. The minimum Gasteiger partial charge on any atom is -0.351 e. The highest BCUT2D eigenvalue weighted by atomic mass is 32.2. The molecule has 0 spiro atoms. The molecule has 2 fully saturated rings. The van der Waals surface area contributed by atoms with Crippen LogP contribution in [0, 0.1) is 5.92 Å². The molecule has 0 radical (unpaired) electrons. The highest BCUT2D eigenvalue weighted by Crippen LogP contribution is 2.34. The Bertz CT molecular complexity index is 1380. The highest BCUT2D eigenvalue weighted by Gasteiger charge is 2.36. The van der Waals surface area contributed by atoms with Gasteiger partial charge in [-0.25, -0.2) is 17.9 Å². The van der Waals surface area contributed by atoms with Crippen LogP contribution in [-0.2, 0) is 21.4 Å². The zero-order valence-corrected chi connectivity index (χ0v) is 25.9. The number of rotatable bonds is 12. The molecule has 11 nitrogen and oxygen atoms in total. The fourth-order valence-electron chi connectivity index (χ4n) is 6.04. The van der Waals surface area contributed by atoms with E-state index in [1.54, 1.807) is 9.47 Å². The molecule has 0 bridgehead atoms. The van der Waals surface area contributed by atoms with Crippen LogP contribution >= 0.6 is 0 Å². The van der Waals surface area contributed by atoms with E-state index in [0.29, 0.717) is 56.8 Å². The largest absolute Gasteiger partial charge is 0.351 e. The van der Waals surface area contributed by atoms with Gasteiger partial charge in [0, 0.05) is 57.3 Å². The van der Waals surface area contributed by atoms with E-state index in [1.165, 1.54) is 4.57 Å². The van der Waals surface area contributed by atoms with Crippen molar-refractivity contribution >= 4 is 21.8 Å². The van der Waals surface area contributed by atoms with E-state index in [4.69, 9.17) is 0 Å². The molecule has 1 aromatic carbocycles. The van der Waals surface area contributed by atoms with Gasteiger partial charge in [-0.15, -0.1) is 0 Å². The second-order valence-corrected chi connectivity index (χ2v) is 13.6. The molecule has 1 unspecified atom stereocenters. The Balaban J connectivity index is 1.80. The molecule has 2 aromatic rings. The summed E-state index contributed by atoms with van der Waals surface area (Å²) in [4.78, 5) is 42.9. The Kier molecular flexibility index (Phi) is 11.0. The van der Waals surface area contributed by atoms with E-state index in [-0.39, 0.29) is 54.3 Å². The first-order valence-electron chi connectivity index (χ1n) is 15.3. The maximum Gasteiger partial charge on any atom is 0.329 e. The lowest BCUT2D eigenvalue weighted by Gasteiger charge is -2.34. The molecule has 2 aliphatic rings. The van der Waals surface area contributed by atoms with Gasteiger partial charge in [-0.1, -0.05) is 63.9 Å². The highest BCUT2D eigenvalue weighted by molar-refractivity contribution is 7.89. The summed E-state index contributed by atoms with van der Waals surface area (Å²) in [6.45, 7) is 8.25. The SMILES string of the molecule is CCC(=O)N[C@H]1CCCCC1n1c(-c2ccccc2)c(C(=O)N2CCNCC2)n(CCCNS(=O)(=O)CC(C)C)c1=O. The van der Waals surface area contributed by atoms with Crippen LogP contribution in [0.4, 0.5) is 0 Å². The van der Waals surface area contributed by atoms with Gasteiger partial charge >= 0.3 is 5.69 Å². The van der Waals surface area contributed by atoms with Crippen LogP contribution in [0.1, 0.15) is 75.8 Å². The van der Waals surface area contributed by atoms with E-state index in [9.17, 15) is 22.8 Å². The molecule has 4 rings (SSSR count). The van der Waals surface area contributed by atoms with Crippen molar-refractivity contribution in [3.8, 4) is 11.3 Å². The molecule has 42 heavy (non-hydrogen) atoms. The van der Waals surface area contributed by atoms with E-state index in [0.717, 1.165) is 24.8 Å². The number of hydrogen-bond acceptors (Lipinski definition) is 6. The average molecular weight is 603 g/mol. The Hall–Kier alpha value is -2.96. The van der Waals surface area contributed by atoms with Gasteiger partial charge in [0.15, 0.2) is 0 Å². The van der Waals surface area contributed by atoms with Crippen LogP contribution < -0.4 is 21.0 Å². The molecular formula is C30H46N6O5S. The van der Waals surface area contributed by atoms with Crippen molar-refractivity contribution in [3.63, 3.8) is 0 Å². The number of sulfonamides is 1. The quantitative estimate of drug-likeness (QED) is 0.319. The van der Waals surface area contributed by atoms with E-state index in [2.05, 4.69) is 15.4 Å². The third-order valence-electron chi connectivity index (χ3n) is 7.99. The first kappa shape index (κ1) is 32.0. The number of carbonyl (C=O) groups excluding carboxylic acids is 2. The van der Waals surface area contributed by atoms with Gasteiger partial charge < -0.3 is 15.5 Å². The van der Waals surface area contributed by atoms with Crippen molar-refractivity contribution in [3.05, 3.63) is 46.5 Å². The molecule has 1 aromatic heterocycles. The van der Waals surface area contributed by atoms with Gasteiger partial charge in [0.1, 0.15) is 5.69 Å². The molecule has 1 aliphatic carbocycles. The zero-order chi connectivity index (χ0) is 30.3. The molecule has 2 amide bonds. The van der Waals surface area contributed by atoms with Gasteiger partial charge in [-0.2, -0.15) is 0 Å². The van der Waals surface area contributed by atoms with Crippen LogP contribution in [0.15, 0.2) is 35.1 Å². The predicted molar refractivity (Wildman–Crippen MR) is 164 cm³/mol. The first-order chi connectivity index (χ1) is 20.1. The molecule has 2 atom stereocenters. The van der Waals surface area contributed by atoms with Crippen molar-refractivity contribution in [2.24, 2.45) is 5.92 Å². The minimum atomic E-state index is -3.44. The zero-order valence-electron chi connectivity index (χ0n) is 25.1. The van der Waals surface area contributed by atoms with Crippen LogP contribution in [0.2, 0.25) is 0 Å². The van der Waals surface area contributed by atoms with E-state index in [1.807, 2.05) is 51.1 Å². The standard InChI is InChI=1S/C30H46N6O5S/c1-4-26(37)33-24-13-8-9-14-25(24)36-27(23-11-6-5-7-12-23)28(29(38)34-19-16-31-17-20-34)35(30(36)39)18-10-15-32-42(40,41)21-22(2)3/h5-7,11-12,22,24-25,31-32H,4,8-10,13-21H2,1-3H3,(H,33,37)/t24-,25?/m0/s1. The molecule has 12 heteroatoms. The topological polar surface area (TPSA) is 135 Å². The molecule has 1 saturated carbocycles.